The Hall–Kier alpha value is -1.74. The summed E-state index contributed by atoms with van der Waals surface area (Å²) in [6.07, 6.45) is 3.01. The van der Waals surface area contributed by atoms with Gasteiger partial charge in [-0.15, -0.1) is 0 Å². The highest BCUT2D eigenvalue weighted by Gasteiger charge is 2.10. The van der Waals surface area contributed by atoms with Crippen LogP contribution in [0.25, 0.3) is 0 Å². The lowest BCUT2D eigenvalue weighted by Gasteiger charge is -2.01. The summed E-state index contributed by atoms with van der Waals surface area (Å²) in [6.45, 7) is 0. The molecule has 2 aromatic rings. The van der Waals surface area contributed by atoms with Crippen LogP contribution in [0, 0.1) is 5.82 Å². The van der Waals surface area contributed by atoms with Gasteiger partial charge in [0.15, 0.2) is 5.78 Å². The average Bonchev–Trinajstić information content (AvgIpc) is 2.33. The number of carbonyl (C=O) groups is 1. The fourth-order valence-corrected chi connectivity index (χ4v) is 1.42. The van der Waals surface area contributed by atoms with Gasteiger partial charge in [-0.3, -0.25) is 9.78 Å². The first-order valence-electron chi connectivity index (χ1n) is 4.58. The van der Waals surface area contributed by atoms with Crippen molar-refractivity contribution in [2.45, 2.75) is 0 Å². The average molecular weight is 236 g/mol. The van der Waals surface area contributed by atoms with Gasteiger partial charge in [-0.1, -0.05) is 11.6 Å². The number of hydrogen-bond donors (Lipinski definition) is 0. The quantitative estimate of drug-likeness (QED) is 0.749. The number of ketones is 1. The minimum absolute atomic E-state index is 0.00253. The summed E-state index contributed by atoms with van der Waals surface area (Å²) >= 11 is 5.53. The van der Waals surface area contributed by atoms with Gasteiger partial charge in [-0.25, -0.2) is 4.39 Å². The van der Waals surface area contributed by atoms with Gasteiger partial charge >= 0.3 is 0 Å². The zero-order valence-corrected chi connectivity index (χ0v) is 8.91. The molecule has 0 atom stereocenters. The molecule has 0 fully saturated rings. The number of benzene rings is 1. The van der Waals surface area contributed by atoms with Gasteiger partial charge < -0.3 is 0 Å². The lowest BCUT2D eigenvalue weighted by molar-refractivity contribution is 0.103. The van der Waals surface area contributed by atoms with E-state index >= 15 is 0 Å². The fourth-order valence-electron chi connectivity index (χ4n) is 1.30. The van der Waals surface area contributed by atoms with Crippen molar-refractivity contribution in [2.24, 2.45) is 0 Å². The van der Waals surface area contributed by atoms with E-state index in [0.29, 0.717) is 5.56 Å². The molecule has 0 saturated heterocycles. The second-order valence-corrected chi connectivity index (χ2v) is 3.61. The molecule has 0 saturated carbocycles. The molecule has 0 aliphatic rings. The Labute approximate surface area is 96.7 Å². The maximum Gasteiger partial charge on any atom is 0.194 e. The molecular weight excluding hydrogens is 229 g/mol. The largest absolute Gasteiger partial charge is 0.289 e. The Morgan fingerprint density at radius 3 is 2.69 bits per heavy atom. The highest BCUT2D eigenvalue weighted by Crippen LogP contribution is 2.17. The molecule has 0 spiro atoms. The zero-order chi connectivity index (χ0) is 11.5. The van der Waals surface area contributed by atoms with Gasteiger partial charge in [-0.05, 0) is 30.3 Å². The summed E-state index contributed by atoms with van der Waals surface area (Å²) in [5, 5.41) is 0.00253. The molecule has 0 unspecified atom stereocenters. The van der Waals surface area contributed by atoms with E-state index in [9.17, 15) is 9.18 Å². The van der Waals surface area contributed by atoms with Crippen LogP contribution in [0.3, 0.4) is 0 Å². The van der Waals surface area contributed by atoms with Gasteiger partial charge in [0.1, 0.15) is 5.82 Å². The molecule has 0 aliphatic carbocycles. The molecule has 0 radical (unpaired) electrons. The molecule has 0 amide bonds. The zero-order valence-electron chi connectivity index (χ0n) is 8.15. The van der Waals surface area contributed by atoms with Crippen LogP contribution < -0.4 is 0 Å². The molecule has 2 rings (SSSR count). The van der Waals surface area contributed by atoms with Crippen LogP contribution in [0.5, 0.6) is 0 Å². The number of halogens is 2. The van der Waals surface area contributed by atoms with Crippen LogP contribution in [-0.2, 0) is 0 Å². The van der Waals surface area contributed by atoms with Crippen molar-refractivity contribution < 1.29 is 9.18 Å². The maximum atomic E-state index is 13.2. The smallest absolute Gasteiger partial charge is 0.194 e. The minimum atomic E-state index is -0.601. The van der Waals surface area contributed by atoms with Crippen LogP contribution in [0.4, 0.5) is 4.39 Å². The number of nitrogens with zero attached hydrogens (tertiary/aromatic N) is 1. The highest BCUT2D eigenvalue weighted by atomic mass is 35.5. The third kappa shape index (κ3) is 2.09. The lowest BCUT2D eigenvalue weighted by atomic mass is 10.1. The van der Waals surface area contributed by atoms with Gasteiger partial charge in [0.25, 0.3) is 0 Å². The fraction of sp³-hybridized carbons (Fsp3) is 0. The lowest BCUT2D eigenvalue weighted by Crippen LogP contribution is -2.02. The summed E-state index contributed by atoms with van der Waals surface area (Å²) in [5.41, 5.74) is 0.680. The predicted octanol–water partition coefficient (Wildman–Crippen LogP) is 3.11. The Balaban J connectivity index is 2.39. The Morgan fingerprint density at radius 2 is 2.06 bits per heavy atom. The second-order valence-electron chi connectivity index (χ2n) is 3.20. The Bertz CT molecular complexity index is 528. The first-order valence-corrected chi connectivity index (χ1v) is 4.96. The SMILES string of the molecule is O=C(c1cccnc1)c1ccc(Cl)c(F)c1. The van der Waals surface area contributed by atoms with Gasteiger partial charge in [0, 0.05) is 23.5 Å². The number of aromatic nitrogens is 1. The molecule has 16 heavy (non-hydrogen) atoms. The number of hydrogen-bond acceptors (Lipinski definition) is 2. The topological polar surface area (TPSA) is 30.0 Å². The summed E-state index contributed by atoms with van der Waals surface area (Å²) in [6, 6.07) is 7.25. The van der Waals surface area contributed by atoms with Crippen molar-refractivity contribution in [1.82, 2.24) is 4.98 Å². The van der Waals surface area contributed by atoms with E-state index in [1.807, 2.05) is 0 Å². The molecule has 80 valence electrons. The van der Waals surface area contributed by atoms with E-state index in [0.717, 1.165) is 6.07 Å². The molecule has 1 aromatic carbocycles. The number of pyridine rings is 1. The van der Waals surface area contributed by atoms with Crippen molar-refractivity contribution in [3.05, 3.63) is 64.7 Å². The third-order valence-electron chi connectivity index (χ3n) is 2.11. The third-order valence-corrected chi connectivity index (χ3v) is 2.41. The second kappa shape index (κ2) is 4.41. The predicted molar refractivity (Wildman–Crippen MR) is 59.1 cm³/mol. The van der Waals surface area contributed by atoms with Crippen LogP contribution in [0.15, 0.2) is 42.7 Å². The highest BCUT2D eigenvalue weighted by molar-refractivity contribution is 6.30. The molecule has 0 bridgehead atoms. The molecule has 4 heteroatoms. The molecule has 2 nitrogen and oxygen atoms in total. The molecule has 1 aromatic heterocycles. The van der Waals surface area contributed by atoms with E-state index < -0.39 is 5.82 Å². The standard InChI is InChI=1S/C12H7ClFNO/c13-10-4-3-8(6-11(10)14)12(16)9-2-1-5-15-7-9/h1-7H. The van der Waals surface area contributed by atoms with E-state index in [1.165, 1.54) is 18.3 Å². The van der Waals surface area contributed by atoms with Crippen molar-refractivity contribution in [3.63, 3.8) is 0 Å². The Kier molecular flexibility index (Phi) is 2.97. The van der Waals surface area contributed by atoms with Crippen molar-refractivity contribution >= 4 is 17.4 Å². The van der Waals surface area contributed by atoms with E-state index in [-0.39, 0.29) is 16.4 Å². The normalized spacial score (nSPS) is 10.1. The van der Waals surface area contributed by atoms with Gasteiger partial charge in [-0.2, -0.15) is 0 Å². The van der Waals surface area contributed by atoms with E-state index in [2.05, 4.69) is 4.98 Å². The molecule has 0 N–H and O–H groups in total. The molecule has 0 aliphatic heterocycles. The van der Waals surface area contributed by atoms with E-state index in [4.69, 9.17) is 11.6 Å². The first-order chi connectivity index (χ1) is 7.68. The van der Waals surface area contributed by atoms with Crippen molar-refractivity contribution in [1.29, 1.82) is 0 Å². The molecule has 1 heterocycles. The van der Waals surface area contributed by atoms with Crippen molar-refractivity contribution in [2.75, 3.05) is 0 Å². The van der Waals surface area contributed by atoms with Crippen molar-refractivity contribution in [3.8, 4) is 0 Å². The summed E-state index contributed by atoms with van der Waals surface area (Å²) in [4.78, 5) is 15.7. The van der Waals surface area contributed by atoms with Crippen LogP contribution >= 0.6 is 11.6 Å². The minimum Gasteiger partial charge on any atom is -0.289 e. The summed E-state index contributed by atoms with van der Waals surface area (Å²) < 4.78 is 13.2. The van der Waals surface area contributed by atoms with Crippen LogP contribution in [0.1, 0.15) is 15.9 Å². The van der Waals surface area contributed by atoms with Crippen LogP contribution in [0.2, 0.25) is 5.02 Å². The maximum absolute atomic E-state index is 13.2. The van der Waals surface area contributed by atoms with Crippen LogP contribution in [-0.4, -0.2) is 10.8 Å². The van der Waals surface area contributed by atoms with Gasteiger partial charge in [0.2, 0.25) is 0 Å². The number of rotatable bonds is 2. The number of carbonyl (C=O) groups excluding carboxylic acids is 1. The monoisotopic (exact) mass is 235 g/mol. The van der Waals surface area contributed by atoms with Gasteiger partial charge in [0.05, 0.1) is 5.02 Å². The summed E-state index contributed by atoms with van der Waals surface area (Å²) in [5.74, 6) is -0.875. The Morgan fingerprint density at radius 1 is 1.25 bits per heavy atom. The molecular formula is C12H7ClFNO. The summed E-state index contributed by atoms with van der Waals surface area (Å²) in [7, 11) is 0. The first kappa shape index (κ1) is 10.8. The van der Waals surface area contributed by atoms with E-state index in [1.54, 1.807) is 18.3 Å².